The molecule has 0 atom stereocenters. The molecule has 0 aliphatic heterocycles. The van der Waals surface area contributed by atoms with E-state index in [-0.39, 0.29) is 0 Å². The molecule has 0 aromatic heterocycles. The lowest BCUT2D eigenvalue weighted by Gasteiger charge is -2.14. The Morgan fingerprint density at radius 3 is 1.31 bits per heavy atom. The van der Waals surface area contributed by atoms with Gasteiger partial charge < -0.3 is 0 Å². The van der Waals surface area contributed by atoms with Crippen LogP contribution in [0, 0.1) is 13.8 Å². The van der Waals surface area contributed by atoms with Crippen LogP contribution in [-0.2, 0) is 0 Å². The molecule has 0 saturated carbocycles. The van der Waals surface area contributed by atoms with E-state index >= 15 is 0 Å². The average Bonchev–Trinajstić information content (AvgIpc) is 2.99. The molecule has 0 N–H and O–H groups in total. The molecular weight excluding hydrogens is 312 g/mol. The number of benzene rings is 4. The summed E-state index contributed by atoms with van der Waals surface area (Å²) in [5, 5.41) is 2.70. The molecule has 0 radical (unpaired) electrons. The third-order valence-corrected chi connectivity index (χ3v) is 5.52. The van der Waals surface area contributed by atoms with Gasteiger partial charge in [0.2, 0.25) is 0 Å². The van der Waals surface area contributed by atoms with Crippen molar-refractivity contribution in [2.24, 2.45) is 0 Å². The van der Waals surface area contributed by atoms with E-state index in [1.807, 2.05) is 0 Å². The fourth-order valence-corrected chi connectivity index (χ4v) is 4.29. The van der Waals surface area contributed by atoms with E-state index in [0.717, 1.165) is 0 Å². The maximum atomic E-state index is 2.28. The Hall–Kier alpha value is -3.12. The number of aryl methyl sites for hydroxylation is 2. The van der Waals surface area contributed by atoms with Gasteiger partial charge >= 0.3 is 0 Å². The summed E-state index contributed by atoms with van der Waals surface area (Å²) in [5.41, 5.74) is 10.7. The molecule has 1 aliphatic carbocycles. The van der Waals surface area contributed by atoms with E-state index in [2.05, 4.69) is 98.8 Å². The lowest BCUT2D eigenvalue weighted by Crippen LogP contribution is -1.94. The third-order valence-electron chi connectivity index (χ3n) is 5.52. The van der Waals surface area contributed by atoms with E-state index in [1.165, 1.54) is 55.3 Å². The van der Waals surface area contributed by atoms with Crippen LogP contribution in [0.15, 0.2) is 84.9 Å². The Morgan fingerprint density at radius 1 is 0.423 bits per heavy atom. The minimum Gasteiger partial charge on any atom is -0.0620 e. The van der Waals surface area contributed by atoms with Crippen molar-refractivity contribution in [3.8, 4) is 0 Å². The van der Waals surface area contributed by atoms with Gasteiger partial charge in [0.05, 0.1) is 0 Å². The molecule has 5 rings (SSSR count). The number of rotatable bonds is 2. The van der Waals surface area contributed by atoms with Crippen LogP contribution in [0.3, 0.4) is 0 Å². The van der Waals surface area contributed by atoms with Crippen LogP contribution in [0.25, 0.3) is 21.9 Å². The Morgan fingerprint density at radius 2 is 0.846 bits per heavy atom. The molecular formula is C26H20. The van der Waals surface area contributed by atoms with Crippen LogP contribution in [0.2, 0.25) is 0 Å². The summed E-state index contributed by atoms with van der Waals surface area (Å²) in [6, 6.07) is 30.8. The highest BCUT2D eigenvalue weighted by atomic mass is 14.3. The molecule has 26 heavy (non-hydrogen) atoms. The summed E-state index contributed by atoms with van der Waals surface area (Å²) in [6.45, 7) is 4.42. The van der Waals surface area contributed by atoms with Crippen LogP contribution in [0.4, 0.5) is 0 Å². The van der Waals surface area contributed by atoms with Gasteiger partial charge in [-0.05, 0) is 69.1 Å². The smallest absolute Gasteiger partial charge is 0.00174 e. The van der Waals surface area contributed by atoms with Crippen molar-refractivity contribution in [3.05, 3.63) is 118 Å². The first-order chi connectivity index (χ1) is 12.8. The molecule has 4 aromatic carbocycles. The second-order valence-corrected chi connectivity index (χ2v) is 7.09. The van der Waals surface area contributed by atoms with Gasteiger partial charge in [-0.1, -0.05) is 84.9 Å². The molecule has 0 heterocycles. The zero-order valence-corrected chi connectivity index (χ0v) is 15.1. The largest absolute Gasteiger partial charge is 0.0620 e. The van der Waals surface area contributed by atoms with E-state index in [1.54, 1.807) is 0 Å². The zero-order chi connectivity index (χ0) is 17.7. The summed E-state index contributed by atoms with van der Waals surface area (Å²) in [4.78, 5) is 0. The Labute approximate surface area is 154 Å². The molecule has 0 spiro atoms. The van der Waals surface area contributed by atoms with Crippen molar-refractivity contribution >= 4 is 21.9 Å². The SMILES string of the molecule is Cc1ccccc1C1=C(c2ccccc2C)c2cccc3cccc1c23. The minimum absolute atomic E-state index is 1.31. The fraction of sp³-hybridized carbons (Fsp3) is 0.0769. The molecule has 0 nitrogen and oxygen atoms in total. The van der Waals surface area contributed by atoms with Crippen molar-refractivity contribution in [2.75, 3.05) is 0 Å². The van der Waals surface area contributed by atoms with E-state index in [4.69, 9.17) is 0 Å². The normalized spacial score (nSPS) is 12.8. The molecule has 0 saturated heterocycles. The quantitative estimate of drug-likeness (QED) is 0.334. The van der Waals surface area contributed by atoms with Gasteiger partial charge in [0.1, 0.15) is 0 Å². The molecule has 124 valence electrons. The molecule has 4 aromatic rings. The summed E-state index contributed by atoms with van der Waals surface area (Å²) in [6.07, 6.45) is 0. The van der Waals surface area contributed by atoms with Gasteiger partial charge in [-0.25, -0.2) is 0 Å². The predicted molar refractivity (Wildman–Crippen MR) is 111 cm³/mol. The van der Waals surface area contributed by atoms with Crippen LogP contribution in [0.5, 0.6) is 0 Å². The van der Waals surface area contributed by atoms with Gasteiger partial charge in [0.25, 0.3) is 0 Å². The maximum Gasteiger partial charge on any atom is -0.00174 e. The highest BCUT2D eigenvalue weighted by Crippen LogP contribution is 2.48. The predicted octanol–water partition coefficient (Wildman–Crippen LogP) is 6.78. The van der Waals surface area contributed by atoms with Crippen LogP contribution < -0.4 is 0 Å². The van der Waals surface area contributed by atoms with Gasteiger partial charge in [-0.15, -0.1) is 0 Å². The van der Waals surface area contributed by atoms with Crippen molar-refractivity contribution in [2.45, 2.75) is 13.8 Å². The van der Waals surface area contributed by atoms with Crippen LogP contribution in [0.1, 0.15) is 33.4 Å². The topological polar surface area (TPSA) is 0 Å². The summed E-state index contributed by atoms with van der Waals surface area (Å²) >= 11 is 0. The second kappa shape index (κ2) is 5.71. The molecule has 1 aliphatic rings. The Bertz CT molecular complexity index is 1100. The van der Waals surface area contributed by atoms with E-state index < -0.39 is 0 Å². The summed E-state index contributed by atoms with van der Waals surface area (Å²) in [7, 11) is 0. The number of hydrogen-bond donors (Lipinski definition) is 0. The molecule has 0 bridgehead atoms. The molecule has 0 unspecified atom stereocenters. The monoisotopic (exact) mass is 332 g/mol. The highest BCUT2D eigenvalue weighted by Gasteiger charge is 2.27. The second-order valence-electron chi connectivity index (χ2n) is 7.09. The standard InChI is InChI=1S/C26H20/c1-17-9-3-5-13-20(17)25-22-15-7-11-19-12-8-16-23(24(19)22)26(25)21-14-6-4-10-18(21)2/h3-16H,1-2H3. The van der Waals surface area contributed by atoms with Gasteiger partial charge in [0, 0.05) is 0 Å². The Balaban J connectivity index is 1.96. The van der Waals surface area contributed by atoms with Crippen molar-refractivity contribution < 1.29 is 0 Å². The highest BCUT2D eigenvalue weighted by molar-refractivity contribution is 6.21. The van der Waals surface area contributed by atoms with Crippen LogP contribution >= 0.6 is 0 Å². The van der Waals surface area contributed by atoms with Crippen molar-refractivity contribution in [3.63, 3.8) is 0 Å². The molecule has 0 heteroatoms. The van der Waals surface area contributed by atoms with E-state index in [9.17, 15) is 0 Å². The lowest BCUT2D eigenvalue weighted by atomic mass is 9.89. The van der Waals surface area contributed by atoms with Crippen molar-refractivity contribution in [1.82, 2.24) is 0 Å². The van der Waals surface area contributed by atoms with Gasteiger partial charge in [-0.2, -0.15) is 0 Å². The lowest BCUT2D eigenvalue weighted by molar-refractivity contribution is 1.40. The average molecular weight is 332 g/mol. The van der Waals surface area contributed by atoms with Crippen molar-refractivity contribution in [1.29, 1.82) is 0 Å². The summed E-state index contributed by atoms with van der Waals surface area (Å²) < 4.78 is 0. The first-order valence-corrected chi connectivity index (χ1v) is 9.14. The maximum absolute atomic E-state index is 2.28. The molecule has 0 fully saturated rings. The minimum atomic E-state index is 1.31. The van der Waals surface area contributed by atoms with Gasteiger partial charge in [-0.3, -0.25) is 0 Å². The molecule has 0 amide bonds. The van der Waals surface area contributed by atoms with Crippen LogP contribution in [-0.4, -0.2) is 0 Å². The Kier molecular flexibility index (Phi) is 3.33. The van der Waals surface area contributed by atoms with Gasteiger partial charge in [0.15, 0.2) is 0 Å². The third kappa shape index (κ3) is 2.09. The summed E-state index contributed by atoms with van der Waals surface area (Å²) in [5.74, 6) is 0. The zero-order valence-electron chi connectivity index (χ0n) is 15.1. The first kappa shape index (κ1) is 15.2. The van der Waals surface area contributed by atoms with E-state index in [0.29, 0.717) is 0 Å². The fourth-order valence-electron chi connectivity index (χ4n) is 4.29. The number of hydrogen-bond acceptors (Lipinski definition) is 0. The first-order valence-electron chi connectivity index (χ1n) is 9.14.